The minimum Gasteiger partial charge on any atom is -0.313 e. The Morgan fingerprint density at radius 2 is 2.42 bits per heavy atom. The molecule has 0 aliphatic heterocycles. The van der Waals surface area contributed by atoms with Crippen LogP contribution in [-0.4, -0.2) is 13.1 Å². The van der Waals surface area contributed by atoms with Crippen LogP contribution in [-0.2, 0) is 6.42 Å². The van der Waals surface area contributed by atoms with E-state index in [0.29, 0.717) is 0 Å². The van der Waals surface area contributed by atoms with Crippen molar-refractivity contribution in [3.05, 3.63) is 34.0 Å². The van der Waals surface area contributed by atoms with E-state index in [0.717, 1.165) is 23.8 Å². The fourth-order valence-electron chi connectivity index (χ4n) is 0.902. The predicted octanol–water partition coefficient (Wildman–Crippen LogP) is 2.72. The van der Waals surface area contributed by atoms with Gasteiger partial charge in [0.15, 0.2) is 0 Å². The lowest BCUT2D eigenvalue weighted by Crippen LogP contribution is -2.16. The molecular weight excluding hydrogens is 190 g/mol. The molecule has 0 spiro atoms. The van der Waals surface area contributed by atoms with Crippen LogP contribution in [0.4, 0.5) is 0 Å². The normalized spacial score (nSPS) is 10.1. The average molecular weight is 202 g/mol. The van der Waals surface area contributed by atoms with Crippen molar-refractivity contribution in [3.63, 3.8) is 0 Å². The second-order valence-electron chi connectivity index (χ2n) is 2.45. The molecule has 0 unspecified atom stereocenters. The molecule has 1 aromatic heterocycles. The Kier molecular flexibility index (Phi) is 4.36. The first-order chi connectivity index (χ1) is 5.83. The molecule has 1 aromatic rings. The van der Waals surface area contributed by atoms with Gasteiger partial charge >= 0.3 is 0 Å². The monoisotopic (exact) mass is 201 g/mol. The summed E-state index contributed by atoms with van der Waals surface area (Å²) in [5.74, 6) is 0. The molecule has 0 aliphatic carbocycles. The number of rotatable bonds is 5. The Balaban J connectivity index is 2.19. The van der Waals surface area contributed by atoms with E-state index < -0.39 is 0 Å². The maximum Gasteiger partial charge on any atom is 0.0931 e. The smallest absolute Gasteiger partial charge is 0.0931 e. The van der Waals surface area contributed by atoms with E-state index in [1.165, 1.54) is 4.88 Å². The molecular formula is C9H12ClNS. The highest BCUT2D eigenvalue weighted by molar-refractivity contribution is 7.16. The quantitative estimate of drug-likeness (QED) is 0.571. The zero-order valence-corrected chi connectivity index (χ0v) is 8.42. The second kappa shape index (κ2) is 5.36. The maximum absolute atomic E-state index is 5.78. The summed E-state index contributed by atoms with van der Waals surface area (Å²) in [6.45, 7) is 5.49. The van der Waals surface area contributed by atoms with E-state index >= 15 is 0 Å². The lowest BCUT2D eigenvalue weighted by molar-refractivity contribution is 0.750. The summed E-state index contributed by atoms with van der Waals surface area (Å²) >= 11 is 7.43. The minimum absolute atomic E-state index is 0.869. The van der Waals surface area contributed by atoms with Crippen LogP contribution in [0.1, 0.15) is 4.88 Å². The van der Waals surface area contributed by atoms with Gasteiger partial charge in [0.25, 0.3) is 0 Å². The fraction of sp³-hybridized carbons (Fsp3) is 0.333. The first-order valence-corrected chi connectivity index (χ1v) is 5.08. The summed E-state index contributed by atoms with van der Waals surface area (Å²) in [5, 5.41) is 3.24. The van der Waals surface area contributed by atoms with Gasteiger partial charge in [-0.05, 0) is 18.6 Å². The van der Waals surface area contributed by atoms with Crippen LogP contribution in [0, 0.1) is 0 Å². The highest BCUT2D eigenvalue weighted by Gasteiger charge is 1.96. The molecule has 0 amide bonds. The van der Waals surface area contributed by atoms with Crippen molar-refractivity contribution in [2.75, 3.05) is 13.1 Å². The Morgan fingerprint density at radius 3 is 3.00 bits per heavy atom. The first-order valence-electron chi connectivity index (χ1n) is 3.89. The predicted molar refractivity (Wildman–Crippen MR) is 56.1 cm³/mol. The van der Waals surface area contributed by atoms with Crippen LogP contribution < -0.4 is 5.32 Å². The summed E-state index contributed by atoms with van der Waals surface area (Å²) in [7, 11) is 0. The molecule has 1 N–H and O–H groups in total. The lowest BCUT2D eigenvalue weighted by atomic mass is 10.3. The summed E-state index contributed by atoms with van der Waals surface area (Å²) in [4.78, 5) is 1.33. The molecule has 0 saturated carbocycles. The van der Waals surface area contributed by atoms with E-state index in [2.05, 4.69) is 18.0 Å². The van der Waals surface area contributed by atoms with Gasteiger partial charge in [0, 0.05) is 18.0 Å². The maximum atomic E-state index is 5.78. The number of nitrogens with one attached hydrogen (secondary N) is 1. The van der Waals surface area contributed by atoms with E-state index in [4.69, 9.17) is 11.6 Å². The van der Waals surface area contributed by atoms with Gasteiger partial charge in [0.1, 0.15) is 0 Å². The number of thiophene rings is 1. The first kappa shape index (κ1) is 9.78. The number of halogens is 1. The Hall–Kier alpha value is -0.310. The van der Waals surface area contributed by atoms with Gasteiger partial charge in [-0.1, -0.05) is 17.7 Å². The zero-order chi connectivity index (χ0) is 8.81. The average Bonchev–Trinajstić information content (AvgIpc) is 2.45. The van der Waals surface area contributed by atoms with E-state index in [-0.39, 0.29) is 0 Å². The van der Waals surface area contributed by atoms with Crippen molar-refractivity contribution in [2.45, 2.75) is 6.42 Å². The molecule has 0 aromatic carbocycles. The molecule has 1 nitrogen and oxygen atoms in total. The van der Waals surface area contributed by atoms with Crippen molar-refractivity contribution in [1.29, 1.82) is 0 Å². The molecule has 0 bridgehead atoms. The van der Waals surface area contributed by atoms with Gasteiger partial charge in [-0.15, -0.1) is 17.9 Å². The SMILES string of the molecule is C=CCNCCc1ccc(Cl)s1. The molecule has 0 atom stereocenters. The van der Waals surface area contributed by atoms with Gasteiger partial charge in [-0.25, -0.2) is 0 Å². The van der Waals surface area contributed by atoms with Crippen LogP contribution in [0.15, 0.2) is 24.8 Å². The molecule has 0 saturated heterocycles. The zero-order valence-electron chi connectivity index (χ0n) is 6.85. The third kappa shape index (κ3) is 3.39. The summed E-state index contributed by atoms with van der Waals surface area (Å²) in [6.07, 6.45) is 2.91. The second-order valence-corrected chi connectivity index (χ2v) is 4.25. The highest BCUT2D eigenvalue weighted by Crippen LogP contribution is 2.21. The van der Waals surface area contributed by atoms with Gasteiger partial charge < -0.3 is 5.32 Å². The lowest BCUT2D eigenvalue weighted by Gasteiger charge is -1.97. The van der Waals surface area contributed by atoms with E-state index in [1.54, 1.807) is 11.3 Å². The minimum atomic E-state index is 0.869. The van der Waals surface area contributed by atoms with Crippen LogP contribution in [0.5, 0.6) is 0 Å². The number of hydrogen-bond donors (Lipinski definition) is 1. The third-order valence-electron chi connectivity index (χ3n) is 1.47. The van der Waals surface area contributed by atoms with Gasteiger partial charge in [0.2, 0.25) is 0 Å². The molecule has 0 fully saturated rings. The largest absolute Gasteiger partial charge is 0.313 e. The Morgan fingerprint density at radius 1 is 1.58 bits per heavy atom. The molecule has 66 valence electrons. The van der Waals surface area contributed by atoms with Gasteiger partial charge in [-0.2, -0.15) is 0 Å². The van der Waals surface area contributed by atoms with Crippen LogP contribution in [0.3, 0.4) is 0 Å². The van der Waals surface area contributed by atoms with Crippen molar-refractivity contribution in [3.8, 4) is 0 Å². The molecule has 3 heteroatoms. The summed E-state index contributed by atoms with van der Waals surface area (Å²) in [5.41, 5.74) is 0. The molecule has 1 heterocycles. The van der Waals surface area contributed by atoms with E-state index in [9.17, 15) is 0 Å². The number of hydrogen-bond acceptors (Lipinski definition) is 2. The standard InChI is InChI=1S/C9H12ClNS/c1-2-6-11-7-5-8-3-4-9(10)12-8/h2-4,11H,1,5-7H2. The fourth-order valence-corrected chi connectivity index (χ4v) is 1.99. The van der Waals surface area contributed by atoms with Crippen molar-refractivity contribution in [2.24, 2.45) is 0 Å². The van der Waals surface area contributed by atoms with Crippen molar-refractivity contribution < 1.29 is 0 Å². The third-order valence-corrected chi connectivity index (χ3v) is 2.76. The van der Waals surface area contributed by atoms with E-state index in [1.807, 2.05) is 12.1 Å². The van der Waals surface area contributed by atoms with Crippen molar-refractivity contribution in [1.82, 2.24) is 5.32 Å². The highest BCUT2D eigenvalue weighted by atomic mass is 35.5. The van der Waals surface area contributed by atoms with Crippen LogP contribution >= 0.6 is 22.9 Å². The molecule has 0 radical (unpaired) electrons. The van der Waals surface area contributed by atoms with Crippen LogP contribution in [0.25, 0.3) is 0 Å². The van der Waals surface area contributed by atoms with Gasteiger partial charge in [-0.3, -0.25) is 0 Å². The summed E-state index contributed by atoms with van der Waals surface area (Å²) in [6, 6.07) is 4.01. The molecule has 0 aliphatic rings. The van der Waals surface area contributed by atoms with Gasteiger partial charge in [0.05, 0.1) is 4.34 Å². The molecule has 12 heavy (non-hydrogen) atoms. The molecule has 1 rings (SSSR count). The Bertz CT molecular complexity index is 244. The van der Waals surface area contributed by atoms with Crippen molar-refractivity contribution >= 4 is 22.9 Å². The Labute approximate surface area is 82.1 Å². The summed E-state index contributed by atoms with van der Waals surface area (Å²) < 4.78 is 0.869. The van der Waals surface area contributed by atoms with Crippen LogP contribution in [0.2, 0.25) is 4.34 Å². The topological polar surface area (TPSA) is 12.0 Å².